The molecular weight excluding hydrogens is 202 g/mol. The fourth-order valence-corrected chi connectivity index (χ4v) is 1.27. The second kappa shape index (κ2) is 6.67. The van der Waals surface area contributed by atoms with Crippen LogP contribution < -0.4 is 5.32 Å². The Morgan fingerprint density at radius 1 is 1.31 bits per heavy atom. The number of rotatable bonds is 5. The van der Waals surface area contributed by atoms with Gasteiger partial charge in [-0.15, -0.1) is 0 Å². The van der Waals surface area contributed by atoms with E-state index in [1.165, 1.54) is 6.08 Å². The van der Waals surface area contributed by atoms with Gasteiger partial charge in [0, 0.05) is 18.3 Å². The molecule has 0 saturated heterocycles. The quantitative estimate of drug-likeness (QED) is 0.611. The number of carbonyl (C=O) groups is 1. The van der Waals surface area contributed by atoms with Crippen LogP contribution in [-0.2, 0) is 9.53 Å². The highest BCUT2D eigenvalue weighted by Gasteiger charge is 1.94. The van der Waals surface area contributed by atoms with E-state index in [-0.39, 0.29) is 5.97 Å². The van der Waals surface area contributed by atoms with Crippen LogP contribution >= 0.6 is 0 Å². The monoisotopic (exact) mass is 219 g/mol. The Morgan fingerprint density at radius 2 is 2.00 bits per heavy atom. The maximum absolute atomic E-state index is 11.1. The van der Waals surface area contributed by atoms with Crippen LogP contribution in [0, 0.1) is 0 Å². The summed E-state index contributed by atoms with van der Waals surface area (Å²) in [6, 6.07) is 7.87. The van der Waals surface area contributed by atoms with Gasteiger partial charge in [-0.3, -0.25) is 0 Å². The molecule has 0 radical (unpaired) electrons. The van der Waals surface area contributed by atoms with Gasteiger partial charge < -0.3 is 10.1 Å². The van der Waals surface area contributed by atoms with E-state index in [2.05, 4.69) is 12.2 Å². The van der Waals surface area contributed by atoms with Gasteiger partial charge in [0.25, 0.3) is 0 Å². The van der Waals surface area contributed by atoms with Crippen molar-refractivity contribution < 1.29 is 9.53 Å². The zero-order chi connectivity index (χ0) is 11.8. The molecule has 0 saturated carbocycles. The third-order valence-electron chi connectivity index (χ3n) is 1.99. The Balaban J connectivity index is 2.57. The number of anilines is 1. The molecule has 0 bridgehead atoms. The Kier molecular flexibility index (Phi) is 5.12. The van der Waals surface area contributed by atoms with E-state index in [0.717, 1.165) is 17.8 Å². The van der Waals surface area contributed by atoms with Crippen molar-refractivity contribution in [1.29, 1.82) is 0 Å². The van der Waals surface area contributed by atoms with Crippen molar-refractivity contribution in [3.63, 3.8) is 0 Å². The van der Waals surface area contributed by atoms with Gasteiger partial charge in [-0.05, 0) is 37.6 Å². The normalized spacial score (nSPS) is 10.4. The van der Waals surface area contributed by atoms with Gasteiger partial charge in [0.2, 0.25) is 0 Å². The molecule has 0 aliphatic carbocycles. The zero-order valence-electron chi connectivity index (χ0n) is 9.69. The minimum Gasteiger partial charge on any atom is -0.463 e. The highest BCUT2D eigenvalue weighted by Crippen LogP contribution is 2.10. The number of ether oxygens (including phenoxy) is 1. The largest absolute Gasteiger partial charge is 0.463 e. The van der Waals surface area contributed by atoms with E-state index in [0.29, 0.717) is 6.61 Å². The zero-order valence-corrected chi connectivity index (χ0v) is 9.69. The summed E-state index contributed by atoms with van der Waals surface area (Å²) in [5, 5.41) is 3.20. The Morgan fingerprint density at radius 3 is 2.56 bits per heavy atom. The van der Waals surface area contributed by atoms with Gasteiger partial charge in [0.15, 0.2) is 0 Å². The van der Waals surface area contributed by atoms with E-state index >= 15 is 0 Å². The van der Waals surface area contributed by atoms with Crippen molar-refractivity contribution in [2.24, 2.45) is 0 Å². The maximum Gasteiger partial charge on any atom is 0.330 e. The number of nitrogens with one attached hydrogen (secondary N) is 1. The van der Waals surface area contributed by atoms with E-state index in [9.17, 15) is 4.79 Å². The van der Waals surface area contributed by atoms with Gasteiger partial charge in [0.05, 0.1) is 6.61 Å². The standard InChI is InChI=1S/C13H17NO2/c1-3-14-12-8-5-11(6-9-12)7-10-13(15)16-4-2/h5-10,14H,3-4H2,1-2H3. The van der Waals surface area contributed by atoms with E-state index < -0.39 is 0 Å². The molecule has 0 aliphatic heterocycles. The number of esters is 1. The molecule has 0 unspecified atom stereocenters. The second-order valence-electron chi connectivity index (χ2n) is 3.24. The average molecular weight is 219 g/mol. The van der Waals surface area contributed by atoms with Crippen molar-refractivity contribution in [2.75, 3.05) is 18.5 Å². The minimum absolute atomic E-state index is 0.307. The molecule has 1 aromatic carbocycles. The van der Waals surface area contributed by atoms with Gasteiger partial charge >= 0.3 is 5.97 Å². The summed E-state index contributed by atoms with van der Waals surface area (Å²) in [7, 11) is 0. The van der Waals surface area contributed by atoms with Gasteiger partial charge in [-0.25, -0.2) is 4.79 Å². The average Bonchev–Trinajstić information content (AvgIpc) is 2.29. The van der Waals surface area contributed by atoms with E-state index in [1.54, 1.807) is 13.0 Å². The lowest BCUT2D eigenvalue weighted by Gasteiger charge is -2.02. The number of hydrogen-bond acceptors (Lipinski definition) is 3. The second-order valence-corrected chi connectivity index (χ2v) is 3.24. The predicted molar refractivity (Wildman–Crippen MR) is 66.3 cm³/mol. The van der Waals surface area contributed by atoms with E-state index in [1.807, 2.05) is 24.3 Å². The third kappa shape index (κ3) is 4.17. The van der Waals surface area contributed by atoms with Crippen LogP contribution in [0.2, 0.25) is 0 Å². The first-order chi connectivity index (χ1) is 7.76. The summed E-state index contributed by atoms with van der Waals surface area (Å²) in [4.78, 5) is 11.1. The number of hydrogen-bond donors (Lipinski definition) is 1. The highest BCUT2D eigenvalue weighted by atomic mass is 16.5. The Bertz CT molecular complexity index is 355. The lowest BCUT2D eigenvalue weighted by molar-refractivity contribution is -0.137. The number of benzene rings is 1. The van der Waals surface area contributed by atoms with Crippen molar-refractivity contribution in [3.8, 4) is 0 Å². The first-order valence-electron chi connectivity index (χ1n) is 5.45. The first-order valence-corrected chi connectivity index (χ1v) is 5.45. The van der Waals surface area contributed by atoms with Gasteiger partial charge in [0.1, 0.15) is 0 Å². The molecule has 0 fully saturated rings. The molecule has 0 spiro atoms. The Hall–Kier alpha value is -1.77. The summed E-state index contributed by atoms with van der Waals surface area (Å²) in [5.41, 5.74) is 2.06. The maximum atomic E-state index is 11.1. The van der Waals surface area contributed by atoms with Crippen LogP contribution in [0.25, 0.3) is 6.08 Å². The first kappa shape index (κ1) is 12.3. The SMILES string of the molecule is CCNc1ccc(C=CC(=O)OCC)cc1. The molecule has 1 rings (SSSR count). The molecule has 0 aromatic heterocycles. The third-order valence-corrected chi connectivity index (χ3v) is 1.99. The minimum atomic E-state index is -0.307. The lowest BCUT2D eigenvalue weighted by Crippen LogP contribution is -1.98. The van der Waals surface area contributed by atoms with Gasteiger partial charge in [-0.1, -0.05) is 12.1 Å². The van der Waals surface area contributed by atoms with Crippen molar-refractivity contribution in [3.05, 3.63) is 35.9 Å². The van der Waals surface area contributed by atoms with Crippen molar-refractivity contribution in [2.45, 2.75) is 13.8 Å². The van der Waals surface area contributed by atoms with E-state index in [4.69, 9.17) is 4.74 Å². The molecule has 0 aliphatic rings. The Labute approximate surface area is 96.1 Å². The summed E-state index contributed by atoms with van der Waals surface area (Å²) < 4.78 is 4.79. The summed E-state index contributed by atoms with van der Waals surface area (Å²) in [6.07, 6.45) is 3.18. The molecule has 3 heteroatoms. The highest BCUT2D eigenvalue weighted by molar-refractivity contribution is 5.87. The van der Waals surface area contributed by atoms with Gasteiger partial charge in [-0.2, -0.15) is 0 Å². The smallest absolute Gasteiger partial charge is 0.330 e. The predicted octanol–water partition coefficient (Wildman–Crippen LogP) is 2.69. The van der Waals surface area contributed by atoms with Crippen LogP contribution in [0.15, 0.2) is 30.3 Å². The molecule has 0 atom stereocenters. The topological polar surface area (TPSA) is 38.3 Å². The van der Waals surface area contributed by atoms with Crippen molar-refractivity contribution >= 4 is 17.7 Å². The lowest BCUT2D eigenvalue weighted by atomic mass is 10.2. The van der Waals surface area contributed by atoms with Crippen molar-refractivity contribution in [1.82, 2.24) is 0 Å². The van der Waals surface area contributed by atoms with Crippen LogP contribution in [-0.4, -0.2) is 19.1 Å². The molecular formula is C13H17NO2. The fraction of sp³-hybridized carbons (Fsp3) is 0.308. The summed E-state index contributed by atoms with van der Waals surface area (Å²) in [5.74, 6) is -0.307. The fourth-order valence-electron chi connectivity index (χ4n) is 1.27. The molecule has 1 aromatic rings. The van der Waals surface area contributed by atoms with Crippen LogP contribution in [0.3, 0.4) is 0 Å². The molecule has 1 N–H and O–H groups in total. The van der Waals surface area contributed by atoms with Crippen LogP contribution in [0.1, 0.15) is 19.4 Å². The molecule has 3 nitrogen and oxygen atoms in total. The molecule has 16 heavy (non-hydrogen) atoms. The summed E-state index contributed by atoms with van der Waals surface area (Å²) >= 11 is 0. The molecule has 0 amide bonds. The number of carbonyl (C=O) groups excluding carboxylic acids is 1. The molecule has 86 valence electrons. The molecule has 0 heterocycles. The van der Waals surface area contributed by atoms with Crippen LogP contribution in [0.4, 0.5) is 5.69 Å². The van der Waals surface area contributed by atoms with Crippen LogP contribution in [0.5, 0.6) is 0 Å². The summed E-state index contributed by atoms with van der Waals surface area (Å²) in [6.45, 7) is 5.14.